The van der Waals surface area contributed by atoms with Crippen molar-refractivity contribution < 1.29 is 0 Å². The molecule has 0 radical (unpaired) electrons. The third-order valence-electron chi connectivity index (χ3n) is 3.67. The lowest BCUT2D eigenvalue weighted by atomic mass is 9.90. The van der Waals surface area contributed by atoms with Gasteiger partial charge in [-0.25, -0.2) is 0 Å². The van der Waals surface area contributed by atoms with Crippen LogP contribution >= 0.6 is 15.9 Å². The maximum atomic E-state index is 6.56. The van der Waals surface area contributed by atoms with Crippen molar-refractivity contribution in [2.24, 2.45) is 5.73 Å². The number of likely N-dealkylation sites (tertiary alicyclic amines) is 1. The lowest BCUT2D eigenvalue weighted by Gasteiger charge is -2.33. The summed E-state index contributed by atoms with van der Waals surface area (Å²) < 4.78 is 1.11. The van der Waals surface area contributed by atoms with Crippen LogP contribution in [0, 0.1) is 0 Å². The average molecular weight is 297 g/mol. The standard InChI is InChI=1S/C14H21BrN2/c1-13(2,3)17-9-8-14(16,10-17)11-4-6-12(15)7-5-11/h4-7H,8-10,16H2,1-3H3/t14-/m0/s1. The summed E-state index contributed by atoms with van der Waals surface area (Å²) in [5.74, 6) is 0. The predicted molar refractivity (Wildman–Crippen MR) is 76.0 cm³/mol. The van der Waals surface area contributed by atoms with E-state index in [1.54, 1.807) is 0 Å². The highest BCUT2D eigenvalue weighted by atomic mass is 79.9. The minimum Gasteiger partial charge on any atom is -0.320 e. The second kappa shape index (κ2) is 4.38. The summed E-state index contributed by atoms with van der Waals surface area (Å²) in [5.41, 5.74) is 7.82. The van der Waals surface area contributed by atoms with Crippen LogP contribution in [0.2, 0.25) is 0 Å². The molecule has 2 nitrogen and oxygen atoms in total. The van der Waals surface area contributed by atoms with E-state index in [0.717, 1.165) is 24.0 Å². The van der Waals surface area contributed by atoms with Crippen molar-refractivity contribution in [1.29, 1.82) is 0 Å². The Balaban J connectivity index is 2.19. The molecule has 94 valence electrons. The fourth-order valence-electron chi connectivity index (χ4n) is 2.42. The Labute approximate surface area is 112 Å². The summed E-state index contributed by atoms with van der Waals surface area (Å²) in [5, 5.41) is 0. The van der Waals surface area contributed by atoms with E-state index in [9.17, 15) is 0 Å². The Morgan fingerprint density at radius 3 is 2.29 bits per heavy atom. The van der Waals surface area contributed by atoms with Gasteiger partial charge in [0.05, 0.1) is 5.54 Å². The van der Waals surface area contributed by atoms with Crippen LogP contribution in [0.15, 0.2) is 28.7 Å². The van der Waals surface area contributed by atoms with E-state index in [1.165, 1.54) is 5.56 Å². The van der Waals surface area contributed by atoms with E-state index in [2.05, 4.69) is 65.9 Å². The first-order chi connectivity index (χ1) is 7.81. The third kappa shape index (κ3) is 2.72. The molecule has 1 aliphatic heterocycles. The number of nitrogens with zero attached hydrogens (tertiary/aromatic N) is 1. The van der Waals surface area contributed by atoms with Gasteiger partial charge in [-0.3, -0.25) is 4.90 Å². The summed E-state index contributed by atoms with van der Waals surface area (Å²) in [7, 11) is 0. The molecule has 17 heavy (non-hydrogen) atoms. The van der Waals surface area contributed by atoms with Crippen molar-refractivity contribution in [3.8, 4) is 0 Å². The molecule has 2 N–H and O–H groups in total. The van der Waals surface area contributed by atoms with Crippen LogP contribution in [0.5, 0.6) is 0 Å². The molecule has 2 rings (SSSR count). The zero-order valence-corrected chi connectivity index (χ0v) is 12.4. The molecule has 1 atom stereocenters. The van der Waals surface area contributed by atoms with E-state index >= 15 is 0 Å². The number of hydrogen-bond donors (Lipinski definition) is 1. The van der Waals surface area contributed by atoms with Gasteiger partial charge in [0.2, 0.25) is 0 Å². The van der Waals surface area contributed by atoms with Crippen LogP contribution in [0.4, 0.5) is 0 Å². The monoisotopic (exact) mass is 296 g/mol. The number of nitrogens with two attached hydrogens (primary N) is 1. The normalized spacial score (nSPS) is 26.4. The highest BCUT2D eigenvalue weighted by Crippen LogP contribution is 2.33. The van der Waals surface area contributed by atoms with Gasteiger partial charge >= 0.3 is 0 Å². The quantitative estimate of drug-likeness (QED) is 0.863. The number of halogens is 1. The summed E-state index contributed by atoms with van der Waals surface area (Å²) in [6.45, 7) is 8.77. The minimum absolute atomic E-state index is 0.187. The fraction of sp³-hybridized carbons (Fsp3) is 0.571. The van der Waals surface area contributed by atoms with Gasteiger partial charge in [-0.05, 0) is 44.9 Å². The SMILES string of the molecule is CC(C)(C)N1CC[C@@](N)(c2ccc(Br)cc2)C1. The Morgan fingerprint density at radius 1 is 1.24 bits per heavy atom. The molecule has 1 aromatic rings. The van der Waals surface area contributed by atoms with Gasteiger partial charge in [0.1, 0.15) is 0 Å². The summed E-state index contributed by atoms with van der Waals surface area (Å²) in [6, 6.07) is 8.42. The second-order valence-corrected chi connectivity index (χ2v) is 6.92. The van der Waals surface area contributed by atoms with E-state index in [-0.39, 0.29) is 11.1 Å². The second-order valence-electron chi connectivity index (χ2n) is 6.01. The molecular formula is C14H21BrN2. The lowest BCUT2D eigenvalue weighted by molar-refractivity contribution is 0.164. The van der Waals surface area contributed by atoms with Gasteiger partial charge in [-0.1, -0.05) is 28.1 Å². The molecule has 1 aromatic carbocycles. The fourth-order valence-corrected chi connectivity index (χ4v) is 2.69. The first-order valence-corrected chi connectivity index (χ1v) is 6.91. The van der Waals surface area contributed by atoms with Crippen molar-refractivity contribution in [3.05, 3.63) is 34.3 Å². The zero-order chi connectivity index (χ0) is 12.7. The molecule has 0 amide bonds. The summed E-state index contributed by atoms with van der Waals surface area (Å²) in [4.78, 5) is 2.47. The molecular weight excluding hydrogens is 276 g/mol. The molecule has 0 spiro atoms. The molecule has 1 fully saturated rings. The molecule has 0 unspecified atom stereocenters. The molecule has 1 heterocycles. The molecule has 0 aromatic heterocycles. The van der Waals surface area contributed by atoms with Gasteiger partial charge < -0.3 is 5.73 Å². The maximum absolute atomic E-state index is 6.56. The Morgan fingerprint density at radius 2 is 1.82 bits per heavy atom. The molecule has 0 saturated carbocycles. The number of rotatable bonds is 1. The Bertz CT molecular complexity index is 394. The van der Waals surface area contributed by atoms with Crippen molar-refractivity contribution in [2.45, 2.75) is 38.3 Å². The lowest BCUT2D eigenvalue weighted by Crippen LogP contribution is -2.45. The Kier molecular flexibility index (Phi) is 3.36. The van der Waals surface area contributed by atoms with Gasteiger partial charge in [-0.2, -0.15) is 0 Å². The molecule has 0 bridgehead atoms. The predicted octanol–water partition coefficient (Wildman–Crippen LogP) is 3.11. The van der Waals surface area contributed by atoms with E-state index in [4.69, 9.17) is 5.73 Å². The van der Waals surface area contributed by atoms with E-state index in [1.807, 2.05) is 0 Å². The molecule has 1 aliphatic rings. The zero-order valence-electron chi connectivity index (χ0n) is 10.8. The van der Waals surface area contributed by atoms with E-state index in [0.29, 0.717) is 0 Å². The molecule has 0 aliphatic carbocycles. The largest absolute Gasteiger partial charge is 0.320 e. The third-order valence-corrected chi connectivity index (χ3v) is 4.20. The van der Waals surface area contributed by atoms with Crippen molar-refractivity contribution in [3.63, 3.8) is 0 Å². The van der Waals surface area contributed by atoms with Gasteiger partial charge in [0, 0.05) is 23.1 Å². The van der Waals surface area contributed by atoms with E-state index < -0.39 is 0 Å². The smallest absolute Gasteiger partial charge is 0.0551 e. The maximum Gasteiger partial charge on any atom is 0.0551 e. The van der Waals surface area contributed by atoms with Crippen molar-refractivity contribution >= 4 is 15.9 Å². The van der Waals surface area contributed by atoms with Crippen LogP contribution in [-0.2, 0) is 5.54 Å². The Hall–Kier alpha value is -0.380. The van der Waals surface area contributed by atoms with Crippen LogP contribution in [0.1, 0.15) is 32.8 Å². The van der Waals surface area contributed by atoms with Crippen LogP contribution < -0.4 is 5.73 Å². The number of benzene rings is 1. The average Bonchev–Trinajstić information content (AvgIpc) is 2.62. The van der Waals surface area contributed by atoms with Gasteiger partial charge in [0.15, 0.2) is 0 Å². The van der Waals surface area contributed by atoms with Crippen LogP contribution in [-0.4, -0.2) is 23.5 Å². The highest BCUT2D eigenvalue weighted by molar-refractivity contribution is 9.10. The first-order valence-electron chi connectivity index (χ1n) is 6.11. The molecule has 3 heteroatoms. The highest BCUT2D eigenvalue weighted by Gasteiger charge is 2.39. The minimum atomic E-state index is -0.187. The molecule has 1 saturated heterocycles. The summed E-state index contributed by atoms with van der Waals surface area (Å²) in [6.07, 6.45) is 1.03. The van der Waals surface area contributed by atoms with Crippen LogP contribution in [0.25, 0.3) is 0 Å². The van der Waals surface area contributed by atoms with Crippen molar-refractivity contribution in [2.75, 3.05) is 13.1 Å². The van der Waals surface area contributed by atoms with Crippen LogP contribution in [0.3, 0.4) is 0 Å². The topological polar surface area (TPSA) is 29.3 Å². The van der Waals surface area contributed by atoms with Gasteiger partial charge in [-0.15, -0.1) is 0 Å². The number of hydrogen-bond acceptors (Lipinski definition) is 2. The van der Waals surface area contributed by atoms with Gasteiger partial charge in [0.25, 0.3) is 0 Å². The first kappa shape index (κ1) is 13.1. The van der Waals surface area contributed by atoms with Crippen molar-refractivity contribution in [1.82, 2.24) is 4.90 Å². The summed E-state index contributed by atoms with van der Waals surface area (Å²) >= 11 is 3.46.